The molecule has 0 aliphatic carbocycles. The number of H-pyrrole nitrogens is 3. The Hall–Kier alpha value is -10.6. The molecule has 760 valence electrons. The molecule has 5 unspecified atom stereocenters. The van der Waals surface area contributed by atoms with Crippen LogP contribution in [-0.2, 0) is 120 Å². The lowest BCUT2D eigenvalue weighted by Gasteiger charge is -2.28. The van der Waals surface area contributed by atoms with Crippen molar-refractivity contribution in [1.82, 2.24) is 107 Å². The Labute approximate surface area is 779 Å². The van der Waals surface area contributed by atoms with Gasteiger partial charge >= 0.3 is 50.5 Å². The van der Waals surface area contributed by atoms with Gasteiger partial charge in [-0.2, -0.15) is 40.0 Å². The van der Waals surface area contributed by atoms with Crippen LogP contribution >= 0.6 is 39.1 Å². The molecule has 0 spiro atoms. The highest BCUT2D eigenvalue weighted by molar-refractivity contribution is 7.48. The Morgan fingerprint density at radius 2 is 0.671 bits per heavy atom. The molecule has 72 heteroatoms. The topological polar surface area (TPSA) is 919 Å². The molecule has 6 aliphatic heterocycles. The summed E-state index contributed by atoms with van der Waals surface area (Å²) in [6.07, 6.45) is -36.8. The number of nitrogens with zero attached hydrogens (tertiary/aromatic N) is 19. The zero-order valence-corrected chi connectivity index (χ0v) is 77.7. The van der Waals surface area contributed by atoms with Crippen molar-refractivity contribution in [3.8, 4) is 5.95 Å². The summed E-state index contributed by atoms with van der Waals surface area (Å²) in [5.74, 6) is -1.94. The largest absolute Gasteiger partial charge is 0.472 e. The minimum absolute atomic E-state index is 0.000441. The number of ether oxygens (including phenoxy) is 11. The van der Waals surface area contributed by atoms with Crippen LogP contribution in [0.1, 0.15) is 48.8 Å². The highest BCUT2D eigenvalue weighted by atomic mass is 31.2. The fourth-order valence-corrected chi connectivity index (χ4v) is 21.6. The van der Waals surface area contributed by atoms with Gasteiger partial charge in [0.25, 0.3) is 22.6 Å². The van der Waals surface area contributed by atoms with E-state index in [1.165, 1.54) is 20.1 Å². The van der Waals surface area contributed by atoms with Gasteiger partial charge in [-0.15, -0.1) is 0 Å². The number of fused-ring (bicyclic) bond motifs is 4. The molecule has 0 radical (unpaired) electrons. The van der Waals surface area contributed by atoms with Crippen molar-refractivity contribution in [3.05, 3.63) is 119 Å². The van der Waals surface area contributed by atoms with E-state index in [1.807, 2.05) is 0 Å². The third-order valence-electron chi connectivity index (χ3n) is 22.9. The molecule has 17 rings (SSSR count). The molecular formula is C68H89N28O39P5. The van der Waals surface area contributed by atoms with Gasteiger partial charge in [-0.05, 0) is 32.0 Å². The number of aryl methyl sites for hydroxylation is 2. The highest BCUT2D eigenvalue weighted by Crippen LogP contribution is 2.58. The van der Waals surface area contributed by atoms with Crippen molar-refractivity contribution in [1.29, 1.82) is 0 Å². The van der Waals surface area contributed by atoms with Gasteiger partial charge < -0.3 is 126 Å². The molecule has 17 heterocycles. The van der Waals surface area contributed by atoms with Gasteiger partial charge in [0.05, 0.1) is 70.6 Å². The number of aromatic amines is 3. The first-order valence-electron chi connectivity index (χ1n) is 41.1. The predicted octanol–water partition coefficient (Wildman–Crippen LogP) is -5.28. The highest BCUT2D eigenvalue weighted by Gasteiger charge is 2.59. The van der Waals surface area contributed by atoms with Gasteiger partial charge in [0.15, 0.2) is 82.3 Å². The van der Waals surface area contributed by atoms with E-state index in [2.05, 4.69) is 74.9 Å². The number of nitrogens with one attached hydrogen (secondary N) is 3. The summed E-state index contributed by atoms with van der Waals surface area (Å²) in [5.41, 5.74) is 30.6. The lowest BCUT2D eigenvalue weighted by atomic mass is 10.1. The second-order valence-corrected chi connectivity index (χ2v) is 38.7. The zero-order chi connectivity index (χ0) is 100. The van der Waals surface area contributed by atoms with E-state index in [4.69, 9.17) is 132 Å². The van der Waals surface area contributed by atoms with Crippen molar-refractivity contribution in [2.75, 3.05) is 110 Å². The van der Waals surface area contributed by atoms with Gasteiger partial charge in [-0.25, -0.2) is 57.0 Å². The average Bonchev–Trinajstić information content (AvgIpc) is 1.61. The average molecular weight is 2080 g/mol. The SMILES string of the molecule is CO[C@@H]1[C@H](OP(=O)(O)OC[C@H]2O[C@@H](n3cnc4c(N)nc(-n5nc(C)cc5C)nc43)[C@H](O)[C@@H]2O)[C@@H](COP(=O)(O)O[C@H]2[C@@H](OC)[C@H](n3cnc4c(=O)[nH]c(N)nc43)O[C@@H]2COP(=O)(O)O[C@H]2[C@@H](OC)[C@H](n3ccc(N)nc3=O)O[C@@H]2COP(=O)(O)O[C@H]2[C@@H](OC)[C@H](n3cnc4c(=O)[nH]c(N)nc43)O[C@@H]2COP(=O)(O)O[C@H]2[C@@H](OC)[C@H](n3cnc4c(=O)[nH]c(N)nc43)O[C@@H]2CO)O[C@H]1n1ccc(N)nc1=O. The first-order chi connectivity index (χ1) is 66.4. The van der Waals surface area contributed by atoms with E-state index in [0.717, 1.165) is 97.3 Å². The van der Waals surface area contributed by atoms with Crippen LogP contribution < -0.4 is 62.5 Å². The maximum Gasteiger partial charge on any atom is 0.472 e. The number of phosphoric ester groups is 5. The Morgan fingerprint density at radius 1 is 0.379 bits per heavy atom. The molecule has 6 aliphatic rings. The number of aliphatic hydroxyl groups excluding tert-OH is 3. The van der Waals surface area contributed by atoms with Gasteiger partial charge in [0, 0.05) is 53.6 Å². The third kappa shape index (κ3) is 20.1. The van der Waals surface area contributed by atoms with Crippen LogP contribution in [0.5, 0.6) is 0 Å². The number of phosphoric acid groups is 5. The molecule has 67 nitrogen and oxygen atoms in total. The molecule has 140 heavy (non-hydrogen) atoms. The number of imidazole rings is 4. The molecule has 23 N–H and O–H groups in total. The van der Waals surface area contributed by atoms with Crippen molar-refractivity contribution in [2.45, 2.75) is 161 Å². The van der Waals surface area contributed by atoms with E-state index >= 15 is 0 Å². The van der Waals surface area contributed by atoms with Crippen LogP contribution in [0.25, 0.3) is 50.6 Å². The lowest BCUT2D eigenvalue weighted by Crippen LogP contribution is -2.40. The van der Waals surface area contributed by atoms with E-state index in [1.54, 1.807) is 19.9 Å². The number of hydrogen-bond donors (Lipinski definition) is 17. The smallest absolute Gasteiger partial charge is 0.394 e. The summed E-state index contributed by atoms with van der Waals surface area (Å²) >= 11 is 0. The Kier molecular flexibility index (Phi) is 28.5. The molecule has 0 aromatic carbocycles. The Morgan fingerprint density at radius 3 is 0.986 bits per heavy atom. The number of rotatable bonds is 38. The maximum atomic E-state index is 15.0. The summed E-state index contributed by atoms with van der Waals surface area (Å²) < 4.78 is 203. The van der Waals surface area contributed by atoms with Gasteiger partial charge in [0.2, 0.25) is 17.8 Å². The summed E-state index contributed by atoms with van der Waals surface area (Å²) in [7, 11) is -23.6. The number of nitrogen functional groups attached to an aromatic ring is 6. The number of hydrogen-bond acceptors (Lipinski definition) is 52. The molecule has 6 saturated heterocycles. The van der Waals surface area contributed by atoms with Crippen LogP contribution in [0, 0.1) is 13.8 Å². The van der Waals surface area contributed by atoms with Gasteiger partial charge in [-0.1, -0.05) is 0 Å². The molecule has 0 bridgehead atoms. The quantitative estimate of drug-likeness (QED) is 0.0161. The zero-order valence-electron chi connectivity index (χ0n) is 73.2. The number of aliphatic hydroxyl groups is 3. The van der Waals surface area contributed by atoms with Gasteiger partial charge in [-0.3, -0.25) is 102 Å². The summed E-state index contributed by atoms with van der Waals surface area (Å²) in [6.45, 7) is -3.53. The number of anilines is 6. The van der Waals surface area contributed by atoms with Crippen molar-refractivity contribution in [2.24, 2.45) is 0 Å². The van der Waals surface area contributed by atoms with Crippen LogP contribution in [0.4, 0.5) is 35.3 Å². The summed E-state index contributed by atoms with van der Waals surface area (Å²) in [4.78, 5) is 177. The molecule has 0 amide bonds. The van der Waals surface area contributed by atoms with Crippen molar-refractivity contribution >= 4 is 119 Å². The van der Waals surface area contributed by atoms with E-state index in [9.17, 15) is 86.6 Å². The second kappa shape index (κ2) is 39.6. The van der Waals surface area contributed by atoms with Crippen LogP contribution in [0.15, 0.2) is 79.9 Å². The van der Waals surface area contributed by atoms with E-state index in [-0.39, 0.29) is 74.0 Å². The third-order valence-corrected chi connectivity index (χ3v) is 27.9. The minimum Gasteiger partial charge on any atom is -0.394 e. The second-order valence-electron chi connectivity index (χ2n) is 31.7. The number of aromatic nitrogens is 22. The fourth-order valence-electron chi connectivity index (χ4n) is 16.8. The van der Waals surface area contributed by atoms with Crippen LogP contribution in [-0.4, -0.2) is 332 Å². The molecule has 11 aromatic heterocycles. The molecule has 11 aromatic rings. The number of methoxy groups -OCH3 is 5. The molecule has 29 atom stereocenters. The first-order valence-corrected chi connectivity index (χ1v) is 48.6. The van der Waals surface area contributed by atoms with Crippen LogP contribution in [0.2, 0.25) is 0 Å². The monoisotopic (exact) mass is 2080 g/mol. The minimum atomic E-state index is -5.94. The lowest BCUT2D eigenvalue weighted by molar-refractivity contribution is -0.0675. The van der Waals surface area contributed by atoms with Crippen LogP contribution in [0.3, 0.4) is 0 Å². The van der Waals surface area contributed by atoms with E-state index in [0.29, 0.717) is 11.4 Å². The maximum absolute atomic E-state index is 15.0. The Balaban J connectivity index is 0.615. The summed E-state index contributed by atoms with van der Waals surface area (Å²) in [5, 5.41) is 37.8. The fraction of sp³-hybridized carbons (Fsp3) is 0.544. The van der Waals surface area contributed by atoms with Crippen molar-refractivity contribution in [3.63, 3.8) is 0 Å². The Bertz CT molecular complexity index is 7060. The predicted molar refractivity (Wildman–Crippen MR) is 460 cm³/mol. The van der Waals surface area contributed by atoms with Crippen molar-refractivity contribution < 1.29 is 160 Å². The molecule has 0 saturated carbocycles. The standard InChI is InChI=1S/C68H89N28O39P5/c1-23-12-24(2)96(89-23)66-81-49(71)33-50(85-66)92(19-75-33)57-38(99)37(98)26(126-57)14-120-136(105,106)132-40-27(127-58(45(40)116-4)90-10-8-31(69)79-67(90)103)15-122-139(111,112)135-43-30(130-62(48(43)119-7)95-22-78-36-53(95)84-65(74)88-56(36)102)18-124-138(109,110)133-41-28(128-59(46(41)117-5)91-11-9-32(70)80-68(91)104)16-123-140(113,114)134-42-29(129-61(47(42)118-6)94-21-77-35-52(94)83-64(73)87-55(35)101)17-121-137(107,108)131-39-25(13-97)125-60(44(39)115-3)93-20-76-34-51(93)82-63(72)86-54(34)100/h8-12,19-22,25-30,37-48,57-62,97-99H,13-18H2,1-7H3,(H,105,106)(H,107,108)(H,109,110)(H,111,112)(H,113,114)(H2,69,79,103)(H2,70,80,104)(H2,71,81,85)(H3,72,82,86,100)(H3,73,83,87,101)(H3,74,84,88,102)/t25-,26-,27-,28-,29-,30-,37-,38-,39-,40-,41-,42-,43-,44-,45-,46-,47-,48-,57-,58-,59-,60-,61-,62-/m1/s1. The van der Waals surface area contributed by atoms with Gasteiger partial charge in [0.1, 0.15) is 127 Å². The number of nitrogens with two attached hydrogens (primary N) is 6. The molecule has 6 fully saturated rings. The normalized spacial score (nSPS) is 30.4. The van der Waals surface area contributed by atoms with E-state index < -0.39 is 266 Å². The first kappa shape index (κ1) is 101. The molecular weight excluding hydrogens is 1990 g/mol. The summed E-state index contributed by atoms with van der Waals surface area (Å²) in [6, 6.07) is 4.02.